The number of hydrogen-bond donors (Lipinski definition) is 1. The maximum Gasteiger partial charge on any atom is 0.243 e. The summed E-state index contributed by atoms with van der Waals surface area (Å²) in [6, 6.07) is 10.1. The Morgan fingerprint density at radius 1 is 1.22 bits per heavy atom. The molecule has 0 aliphatic heterocycles. The third-order valence-electron chi connectivity index (χ3n) is 3.98. The van der Waals surface area contributed by atoms with Crippen molar-refractivity contribution < 1.29 is 9.53 Å². The summed E-state index contributed by atoms with van der Waals surface area (Å²) in [6.45, 7) is 0.611. The van der Waals surface area contributed by atoms with Crippen LogP contribution in [0.1, 0.15) is 5.56 Å². The van der Waals surface area contributed by atoms with Gasteiger partial charge in [-0.1, -0.05) is 42.1 Å². The summed E-state index contributed by atoms with van der Waals surface area (Å²) in [5, 5.41) is 16.2. The Kier molecular flexibility index (Phi) is 6.12. The van der Waals surface area contributed by atoms with Crippen LogP contribution in [0.4, 0.5) is 0 Å². The Hall–Kier alpha value is -2.81. The van der Waals surface area contributed by atoms with Gasteiger partial charge < -0.3 is 14.6 Å². The van der Waals surface area contributed by atoms with Gasteiger partial charge in [0.25, 0.3) is 0 Å². The summed E-state index contributed by atoms with van der Waals surface area (Å²) in [5.41, 5.74) is 1.96. The fourth-order valence-electron chi connectivity index (χ4n) is 2.62. The summed E-state index contributed by atoms with van der Waals surface area (Å²) in [7, 11) is 5.24. The van der Waals surface area contributed by atoms with Gasteiger partial charge in [-0.25, -0.2) is 0 Å². The van der Waals surface area contributed by atoms with Gasteiger partial charge in [-0.2, -0.15) is 0 Å². The van der Waals surface area contributed by atoms with Gasteiger partial charge in [-0.05, 0) is 12.0 Å². The molecule has 9 heteroatoms. The van der Waals surface area contributed by atoms with Crippen molar-refractivity contribution in [1.29, 1.82) is 0 Å². The molecule has 0 aliphatic rings. The zero-order valence-electron chi connectivity index (χ0n) is 15.5. The fourth-order valence-corrected chi connectivity index (χ4v) is 3.36. The van der Waals surface area contributed by atoms with Crippen molar-refractivity contribution in [3.05, 3.63) is 42.1 Å². The number of aryl methyl sites for hydroxylation is 1. The second-order valence-electron chi connectivity index (χ2n) is 5.97. The van der Waals surface area contributed by atoms with Gasteiger partial charge in [0, 0.05) is 26.8 Å². The summed E-state index contributed by atoms with van der Waals surface area (Å²) in [5.74, 6) is 1.39. The van der Waals surface area contributed by atoms with Gasteiger partial charge in [0.15, 0.2) is 11.0 Å². The average Bonchev–Trinajstić information content (AvgIpc) is 3.22. The van der Waals surface area contributed by atoms with Crippen LogP contribution in [-0.2, 0) is 25.3 Å². The monoisotopic (exact) mass is 386 g/mol. The number of nitrogens with zero attached hydrogens (tertiary/aromatic N) is 5. The molecule has 0 aliphatic carbocycles. The zero-order valence-corrected chi connectivity index (χ0v) is 16.4. The molecule has 1 aromatic carbocycles. The lowest BCUT2D eigenvalue weighted by Crippen LogP contribution is -2.27. The molecular formula is C18H22N6O2S. The van der Waals surface area contributed by atoms with Crippen LogP contribution in [-0.4, -0.2) is 49.9 Å². The molecule has 0 spiro atoms. The second-order valence-corrected chi connectivity index (χ2v) is 6.91. The molecule has 2 heterocycles. The first-order valence-electron chi connectivity index (χ1n) is 8.49. The third kappa shape index (κ3) is 4.68. The molecule has 0 unspecified atom stereocenters. The number of thioether (sulfide) groups is 1. The average molecular weight is 386 g/mol. The van der Waals surface area contributed by atoms with E-state index < -0.39 is 0 Å². The van der Waals surface area contributed by atoms with Gasteiger partial charge in [0.2, 0.25) is 11.8 Å². The number of amides is 1. The van der Waals surface area contributed by atoms with Crippen molar-refractivity contribution in [3.63, 3.8) is 0 Å². The quantitative estimate of drug-likeness (QED) is 0.593. The van der Waals surface area contributed by atoms with Crippen LogP contribution in [0.25, 0.3) is 11.4 Å². The van der Waals surface area contributed by atoms with Gasteiger partial charge >= 0.3 is 0 Å². The molecular weight excluding hydrogens is 364 g/mol. The zero-order chi connectivity index (χ0) is 19.2. The lowest BCUT2D eigenvalue weighted by molar-refractivity contribution is -0.118. The minimum atomic E-state index is -0.0283. The first-order chi connectivity index (χ1) is 13.1. The van der Waals surface area contributed by atoms with E-state index in [2.05, 4.69) is 32.7 Å². The lowest BCUT2D eigenvalue weighted by atomic mass is 10.1. The van der Waals surface area contributed by atoms with E-state index in [0.717, 1.165) is 12.0 Å². The van der Waals surface area contributed by atoms with E-state index in [1.807, 2.05) is 43.1 Å². The molecule has 3 aromatic rings. The number of carbonyl (C=O) groups excluding carboxylic acids is 1. The minimum absolute atomic E-state index is 0.0283. The van der Waals surface area contributed by atoms with E-state index in [4.69, 9.17) is 4.74 Å². The van der Waals surface area contributed by atoms with Crippen molar-refractivity contribution in [1.82, 2.24) is 29.9 Å². The molecule has 142 valence electrons. The Labute approximate surface area is 161 Å². The highest BCUT2D eigenvalue weighted by molar-refractivity contribution is 7.99. The summed E-state index contributed by atoms with van der Waals surface area (Å²) < 4.78 is 8.78. The number of ether oxygens (including phenoxy) is 1. The molecule has 27 heavy (non-hydrogen) atoms. The number of aromatic nitrogens is 5. The van der Waals surface area contributed by atoms with Crippen LogP contribution in [0, 0.1) is 0 Å². The standard InChI is InChI=1S/C18H22N6O2S/c1-23-11-14(17(22-23)26-3)16-20-21-18(24(16)2)27-12-15(25)19-10-9-13-7-5-4-6-8-13/h4-8,11H,9-10,12H2,1-3H3,(H,19,25). The topological polar surface area (TPSA) is 86.9 Å². The van der Waals surface area contributed by atoms with E-state index in [1.54, 1.807) is 11.8 Å². The maximum absolute atomic E-state index is 12.1. The van der Waals surface area contributed by atoms with Crippen LogP contribution in [0.3, 0.4) is 0 Å². The first kappa shape index (κ1) is 19.0. The van der Waals surface area contributed by atoms with Crippen molar-refractivity contribution in [2.75, 3.05) is 19.4 Å². The molecule has 8 nitrogen and oxygen atoms in total. The Morgan fingerprint density at radius 2 is 2.00 bits per heavy atom. The number of nitrogens with one attached hydrogen (secondary N) is 1. The fraction of sp³-hybridized carbons (Fsp3) is 0.333. The van der Waals surface area contributed by atoms with E-state index >= 15 is 0 Å². The third-order valence-corrected chi connectivity index (χ3v) is 5.00. The largest absolute Gasteiger partial charge is 0.479 e. The highest BCUT2D eigenvalue weighted by atomic mass is 32.2. The van der Waals surface area contributed by atoms with Gasteiger partial charge in [0.05, 0.1) is 12.9 Å². The normalized spacial score (nSPS) is 10.8. The molecule has 0 saturated carbocycles. The van der Waals surface area contributed by atoms with Gasteiger partial charge in [0.1, 0.15) is 5.56 Å². The number of hydrogen-bond acceptors (Lipinski definition) is 6. The molecule has 0 atom stereocenters. The van der Waals surface area contributed by atoms with E-state index in [9.17, 15) is 4.79 Å². The lowest BCUT2D eigenvalue weighted by Gasteiger charge is -2.06. The molecule has 1 N–H and O–H groups in total. The van der Waals surface area contributed by atoms with Gasteiger partial charge in [-0.15, -0.1) is 15.3 Å². The van der Waals surface area contributed by atoms with Crippen molar-refractivity contribution in [3.8, 4) is 17.3 Å². The van der Waals surface area contributed by atoms with Crippen LogP contribution in [0.2, 0.25) is 0 Å². The Morgan fingerprint density at radius 3 is 2.74 bits per heavy atom. The number of carbonyl (C=O) groups is 1. The molecule has 0 bridgehead atoms. The van der Waals surface area contributed by atoms with E-state index in [-0.39, 0.29) is 11.7 Å². The molecule has 3 rings (SSSR count). The summed E-state index contributed by atoms with van der Waals surface area (Å²) in [6.07, 6.45) is 2.64. The highest BCUT2D eigenvalue weighted by Crippen LogP contribution is 2.28. The molecule has 1 amide bonds. The van der Waals surface area contributed by atoms with Gasteiger partial charge in [-0.3, -0.25) is 9.48 Å². The number of methoxy groups -OCH3 is 1. The van der Waals surface area contributed by atoms with E-state index in [0.29, 0.717) is 23.4 Å². The molecule has 0 saturated heterocycles. The predicted octanol–water partition coefficient (Wildman–Crippen LogP) is 1.68. The molecule has 2 aromatic heterocycles. The number of benzene rings is 1. The SMILES string of the molecule is COc1nn(C)cc1-c1nnc(SCC(=O)NCCc2ccccc2)n1C. The smallest absolute Gasteiger partial charge is 0.243 e. The van der Waals surface area contributed by atoms with Crippen LogP contribution in [0.15, 0.2) is 41.7 Å². The molecule has 0 fully saturated rings. The summed E-state index contributed by atoms with van der Waals surface area (Å²) in [4.78, 5) is 12.1. The van der Waals surface area contributed by atoms with Crippen molar-refractivity contribution in [2.45, 2.75) is 11.6 Å². The predicted molar refractivity (Wildman–Crippen MR) is 104 cm³/mol. The highest BCUT2D eigenvalue weighted by Gasteiger charge is 2.18. The number of rotatable bonds is 8. The van der Waals surface area contributed by atoms with E-state index in [1.165, 1.54) is 17.3 Å². The first-order valence-corrected chi connectivity index (χ1v) is 9.48. The van der Waals surface area contributed by atoms with Crippen molar-refractivity contribution in [2.24, 2.45) is 14.1 Å². The Bertz CT molecular complexity index is 906. The second kappa shape index (κ2) is 8.72. The van der Waals surface area contributed by atoms with Crippen LogP contribution in [0.5, 0.6) is 5.88 Å². The Balaban J connectivity index is 1.54. The minimum Gasteiger partial charge on any atom is -0.479 e. The molecule has 0 radical (unpaired) electrons. The van der Waals surface area contributed by atoms with Crippen LogP contribution < -0.4 is 10.1 Å². The van der Waals surface area contributed by atoms with Crippen LogP contribution >= 0.6 is 11.8 Å². The van der Waals surface area contributed by atoms with Crippen molar-refractivity contribution >= 4 is 17.7 Å². The summed E-state index contributed by atoms with van der Waals surface area (Å²) >= 11 is 1.35. The maximum atomic E-state index is 12.1.